The van der Waals surface area contributed by atoms with Gasteiger partial charge < -0.3 is 5.73 Å². The van der Waals surface area contributed by atoms with Gasteiger partial charge in [0.15, 0.2) is 4.74 Å². The largest absolute Gasteiger partial charge is 0.378 e. The van der Waals surface area contributed by atoms with E-state index in [-0.39, 0.29) is 0 Å². The van der Waals surface area contributed by atoms with E-state index in [1.54, 1.807) is 6.20 Å². The van der Waals surface area contributed by atoms with Crippen molar-refractivity contribution in [3.05, 3.63) is 12.3 Å². The standard InChI is InChI=1S/C5H9BrN2/c1-2-3-4-8-5(6)7/h3-4H,2H2,1H3,(H2,7,8)/b4-3-. The van der Waals surface area contributed by atoms with Gasteiger partial charge in [0, 0.05) is 6.20 Å². The molecule has 2 nitrogen and oxygen atoms in total. The molecule has 0 amide bonds. The molecule has 0 aliphatic carbocycles. The molecule has 0 aromatic carbocycles. The Morgan fingerprint density at radius 3 is 2.88 bits per heavy atom. The first kappa shape index (κ1) is 7.69. The minimum absolute atomic E-state index is 0.419. The first-order chi connectivity index (χ1) is 3.77. The molecule has 0 unspecified atom stereocenters. The number of nitrogens with two attached hydrogens (primary N) is 1. The second-order valence-corrected chi connectivity index (χ2v) is 2.06. The first-order valence-corrected chi connectivity index (χ1v) is 3.20. The maximum atomic E-state index is 5.15. The van der Waals surface area contributed by atoms with Crippen LogP contribution in [0.4, 0.5) is 0 Å². The number of hydrogen-bond donors (Lipinski definition) is 1. The zero-order chi connectivity index (χ0) is 6.41. The third-order valence-corrected chi connectivity index (χ3v) is 0.744. The Kier molecular flexibility index (Phi) is 4.65. The van der Waals surface area contributed by atoms with Gasteiger partial charge in [-0.1, -0.05) is 13.0 Å². The summed E-state index contributed by atoms with van der Waals surface area (Å²) in [4.78, 5) is 3.74. The smallest absolute Gasteiger partial charge is 0.167 e. The summed E-state index contributed by atoms with van der Waals surface area (Å²) in [7, 11) is 0. The van der Waals surface area contributed by atoms with E-state index in [4.69, 9.17) is 5.73 Å². The van der Waals surface area contributed by atoms with E-state index >= 15 is 0 Å². The highest BCUT2D eigenvalue weighted by molar-refractivity contribution is 9.18. The molecule has 0 atom stereocenters. The molecule has 0 fully saturated rings. The highest BCUT2D eigenvalue weighted by atomic mass is 79.9. The van der Waals surface area contributed by atoms with E-state index in [0.29, 0.717) is 4.74 Å². The summed E-state index contributed by atoms with van der Waals surface area (Å²) in [6.07, 6.45) is 4.59. The molecule has 8 heavy (non-hydrogen) atoms. The van der Waals surface area contributed by atoms with Gasteiger partial charge in [-0.05, 0) is 22.4 Å². The number of allylic oxidation sites excluding steroid dienone is 1. The van der Waals surface area contributed by atoms with Gasteiger partial charge in [0.25, 0.3) is 0 Å². The molecule has 0 aliphatic heterocycles. The van der Waals surface area contributed by atoms with Crippen molar-refractivity contribution in [2.24, 2.45) is 10.7 Å². The normalized spacial score (nSPS) is 13.0. The Hall–Kier alpha value is -0.310. The fourth-order valence-corrected chi connectivity index (χ4v) is 0.348. The van der Waals surface area contributed by atoms with Crippen molar-refractivity contribution in [3.63, 3.8) is 0 Å². The van der Waals surface area contributed by atoms with Crippen LogP contribution in [0.25, 0.3) is 0 Å². The van der Waals surface area contributed by atoms with Gasteiger partial charge in [0.2, 0.25) is 0 Å². The third kappa shape index (κ3) is 5.69. The Bertz CT molecular complexity index is 103. The van der Waals surface area contributed by atoms with E-state index < -0.39 is 0 Å². The quantitative estimate of drug-likeness (QED) is 0.388. The zero-order valence-electron chi connectivity index (χ0n) is 4.76. The van der Waals surface area contributed by atoms with Crippen molar-refractivity contribution in [1.82, 2.24) is 0 Å². The third-order valence-electron chi connectivity index (χ3n) is 0.539. The van der Waals surface area contributed by atoms with Gasteiger partial charge in [0.1, 0.15) is 0 Å². The zero-order valence-corrected chi connectivity index (χ0v) is 6.35. The van der Waals surface area contributed by atoms with Crippen LogP contribution in [-0.2, 0) is 0 Å². The SMILES string of the molecule is CC/C=C\N=C(N)Br. The fraction of sp³-hybridized carbons (Fsp3) is 0.400. The number of halogens is 1. The van der Waals surface area contributed by atoms with Crippen molar-refractivity contribution in [2.45, 2.75) is 13.3 Å². The molecule has 3 heteroatoms. The van der Waals surface area contributed by atoms with Crippen LogP contribution in [0.2, 0.25) is 0 Å². The van der Waals surface area contributed by atoms with Crippen molar-refractivity contribution in [3.8, 4) is 0 Å². The van der Waals surface area contributed by atoms with E-state index in [2.05, 4.69) is 20.9 Å². The lowest BCUT2D eigenvalue weighted by Gasteiger charge is -1.78. The first-order valence-electron chi connectivity index (χ1n) is 2.41. The number of rotatable bonds is 2. The minimum atomic E-state index is 0.419. The molecule has 0 bridgehead atoms. The molecule has 0 saturated carbocycles. The van der Waals surface area contributed by atoms with Crippen LogP contribution in [0, 0.1) is 0 Å². The second-order valence-electron chi connectivity index (χ2n) is 1.24. The number of hydrogen-bond acceptors (Lipinski definition) is 1. The summed E-state index contributed by atoms with van der Waals surface area (Å²) in [5, 5.41) is 0. The van der Waals surface area contributed by atoms with E-state index in [9.17, 15) is 0 Å². The van der Waals surface area contributed by atoms with Crippen molar-refractivity contribution >= 4 is 20.7 Å². The average Bonchev–Trinajstić information content (AvgIpc) is 1.66. The summed E-state index contributed by atoms with van der Waals surface area (Å²) in [5.41, 5.74) is 5.15. The maximum Gasteiger partial charge on any atom is 0.167 e. The second kappa shape index (κ2) is 4.84. The Balaban J connectivity index is 3.42. The molecule has 0 aromatic heterocycles. The number of aliphatic imine (C=N–C) groups is 1. The summed E-state index contributed by atoms with van der Waals surface area (Å²) in [6, 6.07) is 0. The monoisotopic (exact) mass is 176 g/mol. The van der Waals surface area contributed by atoms with Crippen molar-refractivity contribution in [2.75, 3.05) is 0 Å². The molecule has 0 aromatic rings. The molecule has 0 heterocycles. The molecule has 0 saturated heterocycles. The molecular formula is C5H9BrN2. The maximum absolute atomic E-state index is 5.15. The van der Waals surface area contributed by atoms with Gasteiger partial charge in [-0.15, -0.1) is 0 Å². The van der Waals surface area contributed by atoms with Gasteiger partial charge in [-0.25, -0.2) is 4.99 Å². The van der Waals surface area contributed by atoms with Gasteiger partial charge >= 0.3 is 0 Å². The average molecular weight is 177 g/mol. The van der Waals surface area contributed by atoms with Crippen molar-refractivity contribution < 1.29 is 0 Å². The predicted octanol–water partition coefficient (Wildman–Crippen LogP) is 1.62. The van der Waals surface area contributed by atoms with Crippen LogP contribution in [0.3, 0.4) is 0 Å². The van der Waals surface area contributed by atoms with E-state index in [1.165, 1.54) is 0 Å². The van der Waals surface area contributed by atoms with Crippen LogP contribution in [0.1, 0.15) is 13.3 Å². The molecule has 46 valence electrons. The minimum Gasteiger partial charge on any atom is -0.378 e. The summed E-state index contributed by atoms with van der Waals surface area (Å²) in [6.45, 7) is 2.04. The fourth-order valence-electron chi connectivity index (χ4n) is 0.229. The Labute approximate surface area is 57.6 Å². The van der Waals surface area contributed by atoms with E-state index in [1.807, 2.05) is 13.0 Å². The summed E-state index contributed by atoms with van der Waals surface area (Å²) >= 11 is 2.98. The van der Waals surface area contributed by atoms with Gasteiger partial charge in [-0.3, -0.25) is 0 Å². The Morgan fingerprint density at radius 1 is 1.88 bits per heavy atom. The van der Waals surface area contributed by atoms with E-state index in [0.717, 1.165) is 6.42 Å². The highest BCUT2D eigenvalue weighted by Crippen LogP contribution is 1.84. The van der Waals surface area contributed by atoms with Gasteiger partial charge in [0.05, 0.1) is 0 Å². The molecule has 0 spiro atoms. The molecular weight excluding hydrogens is 168 g/mol. The molecule has 0 aliphatic rings. The topological polar surface area (TPSA) is 38.4 Å². The van der Waals surface area contributed by atoms with Crippen LogP contribution < -0.4 is 5.73 Å². The predicted molar refractivity (Wildman–Crippen MR) is 40.0 cm³/mol. The van der Waals surface area contributed by atoms with Gasteiger partial charge in [-0.2, -0.15) is 0 Å². The lowest BCUT2D eigenvalue weighted by atomic mass is 10.5. The van der Waals surface area contributed by atoms with Crippen molar-refractivity contribution in [1.29, 1.82) is 0 Å². The summed E-state index contributed by atoms with van der Waals surface area (Å²) < 4.78 is 0.419. The molecule has 0 radical (unpaired) electrons. The molecule has 0 rings (SSSR count). The van der Waals surface area contributed by atoms with Crippen LogP contribution in [0.5, 0.6) is 0 Å². The highest BCUT2D eigenvalue weighted by Gasteiger charge is 1.71. The number of amidine groups is 1. The summed E-state index contributed by atoms with van der Waals surface area (Å²) in [5.74, 6) is 0. The molecule has 2 N–H and O–H groups in total. The lowest BCUT2D eigenvalue weighted by molar-refractivity contribution is 1.21. The lowest BCUT2D eigenvalue weighted by Crippen LogP contribution is -1.98. The Morgan fingerprint density at radius 2 is 2.50 bits per heavy atom. The number of nitrogens with zero attached hydrogens (tertiary/aromatic N) is 1. The van der Waals surface area contributed by atoms with Crippen LogP contribution in [-0.4, -0.2) is 4.74 Å². The van der Waals surface area contributed by atoms with Crippen LogP contribution in [0.15, 0.2) is 17.3 Å². The van der Waals surface area contributed by atoms with Crippen LogP contribution >= 0.6 is 15.9 Å².